The third kappa shape index (κ3) is 3.82. The second-order valence-electron chi connectivity index (χ2n) is 16.1. The average Bonchev–Trinajstić information content (AvgIpc) is 3.79. The van der Waals surface area contributed by atoms with Crippen molar-refractivity contribution in [3.8, 4) is 0 Å². The molecule has 42 heavy (non-hydrogen) atoms. The minimum Gasteiger partial charge on any atom is -0.460 e. The first-order valence-electron chi connectivity index (χ1n) is 16.1. The van der Waals surface area contributed by atoms with E-state index >= 15 is 0 Å². The molecule has 14 atom stereocenters. The Morgan fingerprint density at radius 3 is 2.31 bits per heavy atom. The Labute approximate surface area is 249 Å². The number of hydrogen-bond donors (Lipinski definition) is 3. The highest BCUT2D eigenvalue weighted by Gasteiger charge is 2.91. The summed E-state index contributed by atoms with van der Waals surface area (Å²) in [7, 11) is 0. The van der Waals surface area contributed by atoms with Crippen molar-refractivity contribution in [2.75, 3.05) is 0 Å². The molecule has 9 heteroatoms. The van der Waals surface area contributed by atoms with Crippen LogP contribution >= 0.6 is 0 Å². The van der Waals surface area contributed by atoms with Gasteiger partial charge in [-0.1, -0.05) is 41.5 Å². The molecule has 0 unspecified atom stereocenters. The minimum absolute atomic E-state index is 0.0657. The maximum atomic E-state index is 14.3. The number of epoxide rings is 2. The molecule has 0 amide bonds. The molecule has 2 saturated heterocycles. The standard InChI is InChI=1S/C33H50O9/c1-15(2)16(3)23(34)24(35)17(4)19-9-10-20-22-25(36)27-32(42-27)13-18(40-28(38)26(37)29(5,6)39)11-12-31(32,8)33(22)21(41-33)14-30(19,20)7/h15-23,26-27,34,37,39H,9-14H2,1-8H3/t16-,17+,18+,19-,20+,21-,22+,23+,26+,27+,30-,31+,32+,33-/m1/s1. The first-order valence-corrected chi connectivity index (χ1v) is 16.1. The van der Waals surface area contributed by atoms with E-state index in [1.165, 1.54) is 13.8 Å². The van der Waals surface area contributed by atoms with Gasteiger partial charge in [-0.15, -0.1) is 0 Å². The van der Waals surface area contributed by atoms with Crippen LogP contribution in [0.5, 0.6) is 0 Å². The van der Waals surface area contributed by atoms with Gasteiger partial charge in [0.05, 0.1) is 17.6 Å². The summed E-state index contributed by atoms with van der Waals surface area (Å²) in [6, 6.07) is 0. The van der Waals surface area contributed by atoms with E-state index in [4.69, 9.17) is 14.2 Å². The number of ether oxygens (including phenoxy) is 3. The number of ketones is 2. The second-order valence-corrected chi connectivity index (χ2v) is 16.1. The maximum absolute atomic E-state index is 14.3. The summed E-state index contributed by atoms with van der Waals surface area (Å²) in [5, 5.41) is 31.2. The van der Waals surface area contributed by atoms with Crippen LogP contribution in [0, 0.1) is 46.3 Å². The molecule has 0 radical (unpaired) electrons. The molecule has 0 aromatic heterocycles. The van der Waals surface area contributed by atoms with Crippen molar-refractivity contribution in [3.05, 3.63) is 0 Å². The lowest BCUT2D eigenvalue weighted by Gasteiger charge is -2.56. The van der Waals surface area contributed by atoms with Crippen molar-refractivity contribution in [1.82, 2.24) is 0 Å². The van der Waals surface area contributed by atoms with Crippen LogP contribution in [0.2, 0.25) is 0 Å². The minimum atomic E-state index is -1.67. The molecule has 4 aliphatic carbocycles. The summed E-state index contributed by atoms with van der Waals surface area (Å²) in [6.45, 7) is 15.1. The topological polar surface area (TPSA) is 146 Å². The number of fused-ring (bicyclic) bond motifs is 2. The van der Waals surface area contributed by atoms with Crippen molar-refractivity contribution in [1.29, 1.82) is 0 Å². The number of Topliss-reactive ketones (excluding diaryl/α,β-unsaturated/α-hetero) is 2. The number of carbonyl (C=O) groups excluding carboxylic acids is 3. The van der Waals surface area contributed by atoms with E-state index < -0.39 is 52.6 Å². The number of aliphatic hydroxyl groups excluding tert-OH is 2. The largest absolute Gasteiger partial charge is 0.460 e. The van der Waals surface area contributed by atoms with Gasteiger partial charge in [-0.25, -0.2) is 4.79 Å². The van der Waals surface area contributed by atoms with E-state index in [2.05, 4.69) is 13.8 Å². The molecule has 0 aromatic carbocycles. The number of aliphatic hydroxyl groups is 3. The molecular formula is C33H50O9. The van der Waals surface area contributed by atoms with E-state index in [0.29, 0.717) is 19.3 Å². The Balaban J connectivity index is 1.23. The Morgan fingerprint density at radius 1 is 1.02 bits per heavy atom. The number of hydrogen-bond acceptors (Lipinski definition) is 9. The predicted octanol–water partition coefficient (Wildman–Crippen LogP) is 2.99. The molecule has 236 valence electrons. The Hall–Kier alpha value is -1.39. The summed E-state index contributed by atoms with van der Waals surface area (Å²) in [6.07, 6.45) is 0.141. The first kappa shape index (κ1) is 30.6. The van der Waals surface area contributed by atoms with Crippen LogP contribution in [-0.4, -0.2) is 80.2 Å². The average molecular weight is 591 g/mol. The van der Waals surface area contributed by atoms with Gasteiger partial charge in [0.25, 0.3) is 0 Å². The van der Waals surface area contributed by atoms with Crippen LogP contribution in [0.15, 0.2) is 0 Å². The third-order valence-corrected chi connectivity index (χ3v) is 13.4. The van der Waals surface area contributed by atoms with Crippen molar-refractivity contribution < 1.29 is 43.9 Å². The van der Waals surface area contributed by atoms with Crippen LogP contribution in [0.1, 0.15) is 93.9 Å². The summed E-state index contributed by atoms with van der Waals surface area (Å²) in [5.41, 5.74) is -3.72. The van der Waals surface area contributed by atoms with E-state index in [-0.39, 0.29) is 58.6 Å². The van der Waals surface area contributed by atoms with E-state index in [0.717, 1.165) is 19.3 Å². The van der Waals surface area contributed by atoms with Crippen LogP contribution in [-0.2, 0) is 28.6 Å². The van der Waals surface area contributed by atoms with Crippen LogP contribution < -0.4 is 0 Å². The zero-order chi connectivity index (χ0) is 30.9. The monoisotopic (exact) mass is 590 g/mol. The van der Waals surface area contributed by atoms with E-state index in [9.17, 15) is 29.7 Å². The van der Waals surface area contributed by atoms with Gasteiger partial charge in [0.15, 0.2) is 17.7 Å². The zero-order valence-corrected chi connectivity index (χ0v) is 26.4. The number of rotatable bonds is 8. The fourth-order valence-electron chi connectivity index (χ4n) is 10.3. The second kappa shape index (κ2) is 9.32. The summed E-state index contributed by atoms with van der Waals surface area (Å²) < 4.78 is 18.7. The molecule has 4 saturated carbocycles. The number of carbonyl (C=O) groups is 3. The van der Waals surface area contributed by atoms with Crippen LogP contribution in [0.3, 0.4) is 0 Å². The molecule has 2 aliphatic heterocycles. The lowest BCUT2D eigenvalue weighted by Crippen LogP contribution is -2.67. The fraction of sp³-hybridized carbons (Fsp3) is 0.909. The first-order chi connectivity index (χ1) is 19.4. The summed E-state index contributed by atoms with van der Waals surface area (Å²) >= 11 is 0. The Morgan fingerprint density at radius 2 is 1.69 bits per heavy atom. The smallest absolute Gasteiger partial charge is 0.338 e. The highest BCUT2D eigenvalue weighted by atomic mass is 16.7. The molecule has 6 rings (SSSR count). The number of esters is 1. The predicted molar refractivity (Wildman–Crippen MR) is 151 cm³/mol. The lowest BCUT2D eigenvalue weighted by molar-refractivity contribution is -0.179. The molecule has 2 heterocycles. The van der Waals surface area contributed by atoms with Crippen LogP contribution in [0.4, 0.5) is 0 Å². The fourth-order valence-corrected chi connectivity index (χ4v) is 10.3. The van der Waals surface area contributed by atoms with Gasteiger partial charge in [-0.05, 0) is 75.0 Å². The molecule has 6 fully saturated rings. The lowest BCUT2D eigenvalue weighted by atomic mass is 9.43. The summed E-state index contributed by atoms with van der Waals surface area (Å²) in [5.74, 6) is -1.30. The highest BCUT2D eigenvalue weighted by Crippen LogP contribution is 2.80. The van der Waals surface area contributed by atoms with Gasteiger partial charge >= 0.3 is 5.97 Å². The quantitative estimate of drug-likeness (QED) is 0.287. The van der Waals surface area contributed by atoms with Gasteiger partial charge in [-0.2, -0.15) is 0 Å². The van der Waals surface area contributed by atoms with Crippen molar-refractivity contribution in [3.63, 3.8) is 0 Å². The molecule has 2 spiro atoms. The Kier molecular flexibility index (Phi) is 6.79. The van der Waals surface area contributed by atoms with Crippen molar-refractivity contribution in [2.24, 2.45) is 46.3 Å². The van der Waals surface area contributed by atoms with Crippen molar-refractivity contribution >= 4 is 17.5 Å². The molecular weight excluding hydrogens is 540 g/mol. The van der Waals surface area contributed by atoms with Gasteiger partial charge in [0.1, 0.15) is 29.5 Å². The maximum Gasteiger partial charge on any atom is 0.338 e. The highest BCUT2D eigenvalue weighted by molar-refractivity contribution is 5.94. The molecule has 0 aromatic rings. The van der Waals surface area contributed by atoms with E-state index in [1.807, 2.05) is 27.7 Å². The van der Waals surface area contributed by atoms with Gasteiger partial charge in [-0.3, -0.25) is 9.59 Å². The molecule has 9 nitrogen and oxygen atoms in total. The molecule has 3 N–H and O–H groups in total. The van der Waals surface area contributed by atoms with E-state index in [1.54, 1.807) is 0 Å². The molecule has 6 aliphatic rings. The van der Waals surface area contributed by atoms with Gasteiger partial charge < -0.3 is 29.5 Å². The summed E-state index contributed by atoms with van der Waals surface area (Å²) in [4.78, 5) is 40.3. The SMILES string of the molecule is CC(C)[C@@H](C)[C@H](O)C(=O)[C@@H](C)[C@H]1CC[C@H]2[C@H]3C(=O)[C@@H]4O[C@@]45C[C@@H](OC(=O)[C@H](O)C(C)(C)O)CC[C@]5(C)[C@]34O[C@@H]4C[C@]12C. The third-order valence-electron chi connectivity index (χ3n) is 13.4. The van der Waals surface area contributed by atoms with Gasteiger partial charge in [0, 0.05) is 17.8 Å². The molecule has 0 bridgehead atoms. The van der Waals surface area contributed by atoms with Gasteiger partial charge in [0.2, 0.25) is 0 Å². The Bertz CT molecular complexity index is 1180. The normalized spacial score (nSPS) is 48.0. The zero-order valence-electron chi connectivity index (χ0n) is 26.4. The van der Waals surface area contributed by atoms with Crippen LogP contribution in [0.25, 0.3) is 0 Å². The van der Waals surface area contributed by atoms with Crippen molar-refractivity contribution in [2.45, 2.75) is 141 Å².